The van der Waals surface area contributed by atoms with E-state index in [4.69, 9.17) is 4.52 Å². The van der Waals surface area contributed by atoms with Crippen molar-refractivity contribution in [2.75, 3.05) is 26.7 Å². The van der Waals surface area contributed by atoms with E-state index in [0.29, 0.717) is 17.0 Å². The highest BCUT2D eigenvalue weighted by atomic mass is 16.5. The number of aromatic nitrogens is 3. The molecule has 0 saturated carbocycles. The van der Waals surface area contributed by atoms with Gasteiger partial charge in [0.1, 0.15) is 5.60 Å². The smallest absolute Gasteiger partial charge is 0.261 e. The van der Waals surface area contributed by atoms with Gasteiger partial charge in [0, 0.05) is 42.0 Å². The molecule has 3 aromatic rings. The number of benzene rings is 1. The molecule has 4 rings (SSSR count). The molecule has 33 heavy (non-hydrogen) atoms. The third-order valence-electron chi connectivity index (χ3n) is 6.72. The van der Waals surface area contributed by atoms with Crippen molar-refractivity contribution in [3.63, 3.8) is 0 Å². The lowest BCUT2D eigenvalue weighted by molar-refractivity contribution is -0.127. The summed E-state index contributed by atoms with van der Waals surface area (Å²) < 4.78 is 5.17. The van der Waals surface area contributed by atoms with E-state index in [9.17, 15) is 15.3 Å². The number of rotatable bonds is 7. The van der Waals surface area contributed by atoms with E-state index >= 15 is 0 Å². The monoisotopic (exact) mass is 452 g/mol. The molecule has 8 nitrogen and oxygen atoms in total. The number of pyridine rings is 1. The standard InChI is InChI=1S/C25H32N4O4/c1-16(2)17-6-8-19(9-7-17)25(32,23(3)13-29(5)14-23)20-10-18(11-26-12-20)21-27-22(33-28-21)24(4,31)15-30/h6-12,16,30-32H,13-15H2,1-5H3/t24?,25-/m0/s1. The summed E-state index contributed by atoms with van der Waals surface area (Å²) >= 11 is 0. The fourth-order valence-corrected chi connectivity index (χ4v) is 4.73. The molecule has 2 aromatic heterocycles. The van der Waals surface area contributed by atoms with Crippen molar-refractivity contribution < 1.29 is 19.8 Å². The van der Waals surface area contributed by atoms with Crippen molar-refractivity contribution in [2.45, 2.75) is 44.8 Å². The minimum absolute atomic E-state index is 0.0856. The number of hydrogen-bond acceptors (Lipinski definition) is 8. The van der Waals surface area contributed by atoms with Crippen molar-refractivity contribution in [1.29, 1.82) is 0 Å². The van der Waals surface area contributed by atoms with E-state index in [2.05, 4.69) is 52.9 Å². The lowest BCUT2D eigenvalue weighted by Gasteiger charge is -2.55. The molecule has 0 radical (unpaired) electrons. The maximum atomic E-state index is 12.3. The van der Waals surface area contributed by atoms with E-state index in [-0.39, 0.29) is 11.7 Å². The first kappa shape index (κ1) is 23.5. The highest BCUT2D eigenvalue weighted by Gasteiger charge is 2.55. The summed E-state index contributed by atoms with van der Waals surface area (Å²) in [5.41, 5.74) is -0.166. The fraction of sp³-hybridized carbons (Fsp3) is 0.480. The van der Waals surface area contributed by atoms with Gasteiger partial charge >= 0.3 is 0 Å². The molecule has 1 unspecified atom stereocenters. The molecule has 2 atom stereocenters. The number of nitrogens with zero attached hydrogens (tertiary/aromatic N) is 4. The van der Waals surface area contributed by atoms with Gasteiger partial charge in [0.05, 0.1) is 6.61 Å². The molecule has 0 bridgehead atoms. The van der Waals surface area contributed by atoms with Crippen LogP contribution in [0.1, 0.15) is 56.2 Å². The molecule has 3 N–H and O–H groups in total. The normalized spacial score (nSPS) is 19.7. The first-order chi connectivity index (χ1) is 15.5. The van der Waals surface area contributed by atoms with Gasteiger partial charge in [0.2, 0.25) is 5.82 Å². The average Bonchev–Trinajstić information content (AvgIpc) is 3.29. The van der Waals surface area contributed by atoms with Crippen molar-refractivity contribution in [2.24, 2.45) is 5.41 Å². The molecule has 1 aliphatic heterocycles. The molecule has 1 saturated heterocycles. The zero-order chi connectivity index (χ0) is 24.0. The Bertz CT molecular complexity index is 1120. The zero-order valence-corrected chi connectivity index (χ0v) is 19.8. The summed E-state index contributed by atoms with van der Waals surface area (Å²) in [6.45, 7) is 8.67. The van der Waals surface area contributed by atoms with E-state index < -0.39 is 23.2 Å². The van der Waals surface area contributed by atoms with Gasteiger partial charge in [-0.25, -0.2) is 0 Å². The van der Waals surface area contributed by atoms with Crippen molar-refractivity contribution in [3.05, 3.63) is 65.3 Å². The number of aliphatic hydroxyl groups excluding tert-OH is 1. The highest BCUT2D eigenvalue weighted by Crippen LogP contribution is 2.50. The maximum absolute atomic E-state index is 12.3. The van der Waals surface area contributed by atoms with Crippen LogP contribution in [0, 0.1) is 5.41 Å². The number of aliphatic hydroxyl groups is 3. The molecule has 1 aromatic carbocycles. The van der Waals surface area contributed by atoms with Crippen molar-refractivity contribution in [1.82, 2.24) is 20.0 Å². The Morgan fingerprint density at radius 1 is 1.12 bits per heavy atom. The quantitative estimate of drug-likeness (QED) is 0.501. The lowest BCUT2D eigenvalue weighted by Crippen LogP contribution is -2.63. The highest BCUT2D eigenvalue weighted by molar-refractivity contribution is 5.56. The van der Waals surface area contributed by atoms with Crippen LogP contribution in [-0.4, -0.2) is 62.1 Å². The Kier molecular flexibility index (Phi) is 5.90. The molecule has 176 valence electrons. The van der Waals surface area contributed by atoms with Crippen LogP contribution >= 0.6 is 0 Å². The zero-order valence-electron chi connectivity index (χ0n) is 19.8. The molecule has 0 amide bonds. The predicted molar refractivity (Wildman–Crippen MR) is 123 cm³/mol. The van der Waals surface area contributed by atoms with Crippen molar-refractivity contribution >= 4 is 0 Å². The summed E-state index contributed by atoms with van der Waals surface area (Å²) in [6.07, 6.45) is 3.26. The third-order valence-corrected chi connectivity index (χ3v) is 6.72. The van der Waals surface area contributed by atoms with E-state index in [0.717, 1.165) is 18.7 Å². The fourth-order valence-electron chi connectivity index (χ4n) is 4.73. The Balaban J connectivity index is 1.79. The van der Waals surface area contributed by atoms with E-state index in [1.165, 1.54) is 12.5 Å². The van der Waals surface area contributed by atoms with Crippen LogP contribution in [0.5, 0.6) is 0 Å². The van der Waals surface area contributed by atoms with Crippen molar-refractivity contribution in [3.8, 4) is 11.4 Å². The molecule has 3 heterocycles. The van der Waals surface area contributed by atoms with Gasteiger partial charge in [-0.15, -0.1) is 0 Å². The molecule has 0 spiro atoms. The largest absolute Gasteiger partial charge is 0.393 e. The summed E-state index contributed by atoms with van der Waals surface area (Å²) in [5.74, 6) is 0.533. The van der Waals surface area contributed by atoms with Crippen LogP contribution in [0.4, 0.5) is 0 Å². The lowest BCUT2D eigenvalue weighted by atomic mass is 9.62. The summed E-state index contributed by atoms with van der Waals surface area (Å²) in [4.78, 5) is 10.8. The van der Waals surface area contributed by atoms with Gasteiger partial charge in [-0.1, -0.05) is 50.2 Å². The van der Waals surface area contributed by atoms with Crippen LogP contribution in [0.25, 0.3) is 11.4 Å². The molecule has 1 aliphatic rings. The molecular weight excluding hydrogens is 420 g/mol. The Morgan fingerprint density at radius 2 is 1.79 bits per heavy atom. The maximum Gasteiger partial charge on any atom is 0.261 e. The number of likely N-dealkylation sites (tertiary alicyclic amines) is 1. The Labute approximate surface area is 193 Å². The molecule has 8 heteroatoms. The topological polar surface area (TPSA) is 116 Å². The van der Waals surface area contributed by atoms with Crippen LogP contribution in [0.3, 0.4) is 0 Å². The minimum Gasteiger partial charge on any atom is -0.393 e. The summed E-state index contributed by atoms with van der Waals surface area (Å²) in [5, 5.41) is 35.9. The first-order valence-corrected chi connectivity index (χ1v) is 11.1. The SMILES string of the molecule is CC(C)c1ccc([C@](O)(c2cncc(-c3noc(C(C)(O)CO)n3)c2)C2(C)CN(C)C2)cc1. The summed E-state index contributed by atoms with van der Waals surface area (Å²) in [7, 11) is 2.03. The van der Waals surface area contributed by atoms with Crippen LogP contribution in [0.15, 0.2) is 47.2 Å². The average molecular weight is 453 g/mol. The second kappa shape index (κ2) is 8.29. The minimum atomic E-state index is -1.64. The van der Waals surface area contributed by atoms with Gasteiger partial charge in [-0.2, -0.15) is 4.98 Å². The van der Waals surface area contributed by atoms with Gasteiger partial charge in [-0.05, 0) is 37.1 Å². The molecule has 0 aliphatic carbocycles. The van der Waals surface area contributed by atoms with E-state index in [1.54, 1.807) is 12.4 Å². The molecular formula is C25H32N4O4. The van der Waals surface area contributed by atoms with Gasteiger partial charge < -0.3 is 24.7 Å². The van der Waals surface area contributed by atoms with Crippen LogP contribution in [-0.2, 0) is 11.2 Å². The van der Waals surface area contributed by atoms with Crippen LogP contribution < -0.4 is 0 Å². The Hall–Kier alpha value is -2.65. The van der Waals surface area contributed by atoms with Gasteiger partial charge in [-0.3, -0.25) is 4.98 Å². The molecule has 1 fully saturated rings. The first-order valence-electron chi connectivity index (χ1n) is 11.1. The third kappa shape index (κ3) is 3.97. The van der Waals surface area contributed by atoms with Gasteiger partial charge in [0.25, 0.3) is 5.89 Å². The second-order valence-electron chi connectivity index (χ2n) is 10.0. The van der Waals surface area contributed by atoms with Crippen LogP contribution in [0.2, 0.25) is 0 Å². The summed E-state index contributed by atoms with van der Waals surface area (Å²) in [6, 6.07) is 9.94. The second-order valence-corrected chi connectivity index (χ2v) is 10.0. The number of hydrogen-bond donors (Lipinski definition) is 3. The Morgan fingerprint density at radius 3 is 2.36 bits per heavy atom. The van der Waals surface area contributed by atoms with E-state index in [1.807, 2.05) is 25.2 Å². The predicted octanol–water partition coefficient (Wildman–Crippen LogP) is 2.64. The van der Waals surface area contributed by atoms with Gasteiger partial charge in [0.15, 0.2) is 5.60 Å².